The Bertz CT molecular complexity index is 3590. The first-order chi connectivity index (χ1) is 33.0. The summed E-state index contributed by atoms with van der Waals surface area (Å²) in [6.07, 6.45) is 0. The van der Waals surface area contributed by atoms with Crippen molar-refractivity contribution < 1.29 is 13.2 Å². The van der Waals surface area contributed by atoms with Gasteiger partial charge in [0, 0.05) is 62.7 Å². The maximum Gasteiger partial charge on any atom is 0.137 e. The maximum absolute atomic E-state index is 14.1. The van der Waals surface area contributed by atoms with Crippen molar-refractivity contribution in [1.82, 2.24) is 0 Å². The highest BCUT2D eigenvalue weighted by molar-refractivity contribution is 6.07. The van der Waals surface area contributed by atoms with Gasteiger partial charge in [0.2, 0.25) is 0 Å². The summed E-state index contributed by atoms with van der Waals surface area (Å²) in [6, 6.07) is 79.9. The lowest BCUT2D eigenvalue weighted by atomic mass is 9.64. The van der Waals surface area contributed by atoms with Gasteiger partial charge in [-0.3, -0.25) is 0 Å². The van der Waals surface area contributed by atoms with Gasteiger partial charge in [-0.1, -0.05) is 103 Å². The van der Waals surface area contributed by atoms with E-state index in [9.17, 15) is 8.78 Å². The van der Waals surface area contributed by atoms with Crippen LogP contribution in [0.4, 0.5) is 60.0 Å². The summed E-state index contributed by atoms with van der Waals surface area (Å²) in [5, 5.41) is 1.94. The molecule has 0 saturated carbocycles. The smallest absolute Gasteiger partial charge is 0.137 e. The number of benzene rings is 10. The van der Waals surface area contributed by atoms with E-state index in [-0.39, 0.29) is 11.6 Å². The summed E-state index contributed by atoms with van der Waals surface area (Å²) in [5.74, 6) is -0.668. The van der Waals surface area contributed by atoms with Crippen LogP contribution in [0.5, 0.6) is 0 Å². The van der Waals surface area contributed by atoms with E-state index in [1.807, 2.05) is 23.1 Å². The van der Waals surface area contributed by atoms with Crippen molar-refractivity contribution in [2.75, 3.05) is 14.7 Å². The lowest BCUT2D eigenvalue weighted by Crippen LogP contribution is -2.36. The zero-order chi connectivity index (χ0) is 44.6. The van der Waals surface area contributed by atoms with Crippen molar-refractivity contribution in [2.24, 2.45) is 0 Å². The van der Waals surface area contributed by atoms with Crippen LogP contribution in [-0.2, 0) is 5.41 Å². The number of furan rings is 1. The molecular weight excluding hydrogens is 829 g/mol. The van der Waals surface area contributed by atoms with Crippen molar-refractivity contribution in [2.45, 2.75) is 5.41 Å². The van der Waals surface area contributed by atoms with E-state index in [0.717, 1.165) is 67.5 Å². The van der Waals surface area contributed by atoms with E-state index in [4.69, 9.17) is 4.42 Å². The van der Waals surface area contributed by atoms with E-state index >= 15 is 0 Å². The quantitative estimate of drug-likeness (QED) is 0.159. The van der Waals surface area contributed by atoms with E-state index in [0.29, 0.717) is 5.58 Å². The molecule has 318 valence electrons. The topological polar surface area (TPSA) is 22.9 Å². The third-order valence-corrected chi connectivity index (χ3v) is 13.5. The minimum absolute atomic E-state index is 0.334. The molecular formula is C61H39F2N3O. The molecule has 13 rings (SSSR count). The van der Waals surface area contributed by atoms with Crippen molar-refractivity contribution in [3.05, 3.63) is 270 Å². The predicted octanol–water partition coefficient (Wildman–Crippen LogP) is 17.0. The second kappa shape index (κ2) is 15.2. The molecule has 0 fully saturated rings. The Balaban J connectivity index is 1.00. The zero-order valence-corrected chi connectivity index (χ0v) is 36.0. The van der Waals surface area contributed by atoms with Crippen LogP contribution in [0.3, 0.4) is 0 Å². The van der Waals surface area contributed by atoms with Crippen LogP contribution >= 0.6 is 0 Å². The molecule has 0 radical (unpaired) electrons. The first-order valence-corrected chi connectivity index (χ1v) is 22.5. The number of hydrogen-bond donors (Lipinski definition) is 0. The molecule has 2 heterocycles. The minimum Gasteiger partial charge on any atom is -0.456 e. The first-order valence-electron chi connectivity index (χ1n) is 22.5. The number of anilines is 9. The Labute approximate surface area is 386 Å². The molecule has 10 aromatic carbocycles. The number of nitrogens with zero attached hydrogens (tertiary/aromatic N) is 3. The molecule has 2 aliphatic rings. The second-order valence-electron chi connectivity index (χ2n) is 17.2. The van der Waals surface area contributed by atoms with Gasteiger partial charge in [-0.05, 0) is 155 Å². The van der Waals surface area contributed by atoms with Crippen molar-refractivity contribution >= 4 is 73.1 Å². The van der Waals surface area contributed by atoms with Gasteiger partial charge >= 0.3 is 0 Å². The molecule has 1 spiro atoms. The Hall–Kier alpha value is -8.74. The Morgan fingerprint density at radius 3 is 1.34 bits per heavy atom. The van der Waals surface area contributed by atoms with Gasteiger partial charge in [0.15, 0.2) is 0 Å². The fourth-order valence-corrected chi connectivity index (χ4v) is 10.8. The van der Waals surface area contributed by atoms with Crippen molar-refractivity contribution in [3.8, 4) is 11.1 Å². The maximum atomic E-state index is 14.1. The van der Waals surface area contributed by atoms with Crippen LogP contribution < -0.4 is 14.7 Å². The van der Waals surface area contributed by atoms with E-state index < -0.39 is 5.41 Å². The van der Waals surface area contributed by atoms with Gasteiger partial charge in [-0.25, -0.2) is 8.78 Å². The minimum atomic E-state index is -0.612. The molecule has 11 aromatic rings. The molecule has 0 N–H and O–H groups in total. The summed E-state index contributed by atoms with van der Waals surface area (Å²) in [4.78, 5) is 6.70. The molecule has 1 aromatic heterocycles. The highest BCUT2D eigenvalue weighted by Gasteiger charge is 2.51. The molecule has 0 atom stereocenters. The van der Waals surface area contributed by atoms with Gasteiger partial charge in [0.25, 0.3) is 0 Å². The molecule has 0 unspecified atom stereocenters. The summed E-state index contributed by atoms with van der Waals surface area (Å²) < 4.78 is 35.1. The van der Waals surface area contributed by atoms with E-state index in [1.54, 1.807) is 24.3 Å². The molecule has 0 bridgehead atoms. The van der Waals surface area contributed by atoms with Gasteiger partial charge in [0.1, 0.15) is 22.8 Å². The van der Waals surface area contributed by atoms with Crippen LogP contribution in [0.1, 0.15) is 22.3 Å². The zero-order valence-electron chi connectivity index (χ0n) is 36.0. The van der Waals surface area contributed by atoms with Gasteiger partial charge < -0.3 is 19.1 Å². The molecule has 0 saturated heterocycles. The summed E-state index contributed by atoms with van der Waals surface area (Å²) in [7, 11) is 0. The lowest BCUT2D eigenvalue weighted by Gasteiger charge is -2.45. The fraction of sp³-hybridized carbons (Fsp3) is 0.0164. The number of para-hydroxylation sites is 3. The largest absolute Gasteiger partial charge is 0.456 e. The third kappa shape index (κ3) is 5.96. The van der Waals surface area contributed by atoms with E-state index in [1.165, 1.54) is 57.6 Å². The molecule has 4 nitrogen and oxygen atoms in total. The Kier molecular flexibility index (Phi) is 8.77. The monoisotopic (exact) mass is 867 g/mol. The van der Waals surface area contributed by atoms with Gasteiger partial charge in [-0.15, -0.1) is 0 Å². The van der Waals surface area contributed by atoms with Crippen molar-refractivity contribution in [3.63, 3.8) is 0 Å². The second-order valence-corrected chi connectivity index (χ2v) is 17.2. The van der Waals surface area contributed by atoms with Gasteiger partial charge in [0.05, 0.1) is 16.8 Å². The molecule has 1 aliphatic carbocycles. The Morgan fingerprint density at radius 2 is 0.761 bits per heavy atom. The summed E-state index contributed by atoms with van der Waals surface area (Å²) in [6.45, 7) is 0. The third-order valence-electron chi connectivity index (χ3n) is 13.5. The number of halogens is 2. The molecule has 1 aliphatic heterocycles. The SMILES string of the molecule is Fc1ccc(N(c2ccc(F)cc2)c2ccc3c(c2)oc2cc(N(c4ccccc4)c4ccc5c(c4)C4(c6ccccc6-c6ccccc64)c4ccccc4N5c4ccccc4)ccc23)cc1. The molecule has 6 heteroatoms. The average Bonchev–Trinajstić information content (AvgIpc) is 3.89. The number of hydrogen-bond acceptors (Lipinski definition) is 4. The average molecular weight is 868 g/mol. The fourth-order valence-electron chi connectivity index (χ4n) is 10.8. The Morgan fingerprint density at radius 1 is 0.343 bits per heavy atom. The van der Waals surface area contributed by atoms with Gasteiger partial charge in [-0.2, -0.15) is 0 Å². The normalized spacial score (nSPS) is 13.0. The van der Waals surface area contributed by atoms with Crippen molar-refractivity contribution in [1.29, 1.82) is 0 Å². The molecule has 67 heavy (non-hydrogen) atoms. The standard InChI is InChI=1S/C61H39F2N3O/c62-40-23-27-44(28-24-40)64(45-29-25-41(63)26-30-45)47-31-34-51-52-35-32-48(39-60(52)67-59(51)38-47)65(42-13-3-1-4-14-42)46-33-36-58-56(37-46)61(53-19-9-7-17-49(53)50-18-8-10-20-54(50)61)55-21-11-12-22-57(55)66(58)43-15-5-2-6-16-43/h1-39H. The predicted molar refractivity (Wildman–Crippen MR) is 269 cm³/mol. The highest BCUT2D eigenvalue weighted by Crippen LogP contribution is 2.64. The highest BCUT2D eigenvalue weighted by atomic mass is 19.1. The van der Waals surface area contributed by atoms with E-state index in [2.05, 4.69) is 180 Å². The number of fused-ring (bicyclic) bond motifs is 12. The lowest BCUT2D eigenvalue weighted by molar-refractivity contribution is 0.628. The number of rotatable bonds is 7. The van der Waals surface area contributed by atoms with Crippen LogP contribution in [0.15, 0.2) is 241 Å². The van der Waals surface area contributed by atoms with Crippen LogP contribution in [0.25, 0.3) is 33.1 Å². The van der Waals surface area contributed by atoms with Crippen LogP contribution in [0, 0.1) is 11.6 Å². The van der Waals surface area contributed by atoms with Crippen LogP contribution in [-0.4, -0.2) is 0 Å². The summed E-state index contributed by atoms with van der Waals surface area (Å²) in [5.41, 5.74) is 16.8. The molecule has 0 amide bonds. The summed E-state index contributed by atoms with van der Waals surface area (Å²) >= 11 is 0. The first kappa shape index (κ1) is 38.7. The van der Waals surface area contributed by atoms with Crippen LogP contribution in [0.2, 0.25) is 0 Å².